The van der Waals surface area contributed by atoms with E-state index in [1.54, 1.807) is 11.7 Å². The summed E-state index contributed by atoms with van der Waals surface area (Å²) in [5.41, 5.74) is 10.3. The van der Waals surface area contributed by atoms with Crippen molar-refractivity contribution >= 4 is 16.3 Å². The quantitative estimate of drug-likeness (QED) is 0.726. The molecule has 17 heavy (non-hydrogen) atoms. The van der Waals surface area contributed by atoms with E-state index < -0.39 is 0 Å². The molecule has 0 spiro atoms. The van der Waals surface area contributed by atoms with Crippen LogP contribution in [0.5, 0.6) is 0 Å². The number of hydrogen-bond acceptors (Lipinski definition) is 4. The van der Waals surface area contributed by atoms with E-state index >= 15 is 0 Å². The van der Waals surface area contributed by atoms with E-state index in [0.29, 0.717) is 10.8 Å². The normalized spacial score (nSPS) is 10.6. The lowest BCUT2D eigenvalue weighted by molar-refractivity contribution is 1.26. The van der Waals surface area contributed by atoms with Gasteiger partial charge in [0.15, 0.2) is 5.82 Å². The molecule has 0 saturated heterocycles. The van der Waals surface area contributed by atoms with E-state index in [9.17, 15) is 0 Å². The molecule has 0 saturated carbocycles. The Balaban J connectivity index is 2.02. The van der Waals surface area contributed by atoms with Crippen molar-refractivity contribution < 1.29 is 0 Å². The van der Waals surface area contributed by atoms with Crippen LogP contribution in [0, 0.1) is 0 Å². The topological polar surface area (TPSA) is 67.6 Å². The molecule has 0 bridgehead atoms. The maximum Gasteiger partial charge on any atom is 0.159 e. The summed E-state index contributed by atoms with van der Waals surface area (Å²) in [5, 5.41) is 0.680. The van der Waals surface area contributed by atoms with E-state index in [1.807, 2.05) is 30.3 Å². The number of imidazole rings is 1. The first-order valence-electron chi connectivity index (χ1n) is 5.14. The van der Waals surface area contributed by atoms with Gasteiger partial charge in [0.2, 0.25) is 0 Å². The summed E-state index contributed by atoms with van der Waals surface area (Å²) < 4.78 is 0. The van der Waals surface area contributed by atoms with Crippen LogP contribution in [0.2, 0.25) is 0 Å². The smallest absolute Gasteiger partial charge is 0.159 e. The largest absolute Gasteiger partial charge is 0.389 e. The Morgan fingerprint density at radius 1 is 1.12 bits per heavy atom. The Kier molecular flexibility index (Phi) is 2.38. The zero-order chi connectivity index (χ0) is 11.7. The third kappa shape index (κ3) is 1.81. The summed E-state index contributed by atoms with van der Waals surface area (Å²) in [6, 6.07) is 10.0. The van der Waals surface area contributed by atoms with Crippen LogP contribution in [0.4, 0.5) is 5.00 Å². The third-order valence-corrected chi connectivity index (χ3v) is 3.14. The number of aromatic amines is 1. The monoisotopic (exact) mass is 242 g/mol. The minimum absolute atomic E-state index is 0.680. The van der Waals surface area contributed by atoms with Crippen molar-refractivity contribution in [1.29, 1.82) is 0 Å². The molecule has 5 heteroatoms. The maximum absolute atomic E-state index is 5.82. The van der Waals surface area contributed by atoms with Crippen molar-refractivity contribution in [1.82, 2.24) is 15.0 Å². The number of nitrogens with two attached hydrogens (primary N) is 1. The molecule has 84 valence electrons. The molecule has 1 aromatic carbocycles. The summed E-state index contributed by atoms with van der Waals surface area (Å²) in [4.78, 5) is 11.7. The highest BCUT2D eigenvalue weighted by molar-refractivity contribution is 7.14. The Morgan fingerprint density at radius 2 is 1.94 bits per heavy atom. The molecule has 0 radical (unpaired) electrons. The highest BCUT2D eigenvalue weighted by Crippen LogP contribution is 2.27. The van der Waals surface area contributed by atoms with Gasteiger partial charge in [0.25, 0.3) is 0 Å². The van der Waals surface area contributed by atoms with Gasteiger partial charge in [-0.25, -0.2) is 9.97 Å². The lowest BCUT2D eigenvalue weighted by Crippen LogP contribution is -1.87. The number of hydrogen-bond donors (Lipinski definition) is 2. The highest BCUT2D eigenvalue weighted by atomic mass is 32.1. The minimum atomic E-state index is 0.680. The Labute approximate surface area is 102 Å². The Bertz CT molecular complexity index is 627. The summed E-state index contributed by atoms with van der Waals surface area (Å²) in [6.45, 7) is 0. The number of aromatic nitrogens is 3. The van der Waals surface area contributed by atoms with Crippen molar-refractivity contribution in [3.63, 3.8) is 0 Å². The first-order valence-corrected chi connectivity index (χ1v) is 6.02. The van der Waals surface area contributed by atoms with Crippen molar-refractivity contribution in [2.24, 2.45) is 0 Å². The van der Waals surface area contributed by atoms with Crippen LogP contribution in [0.3, 0.4) is 0 Å². The van der Waals surface area contributed by atoms with E-state index in [-0.39, 0.29) is 0 Å². The van der Waals surface area contributed by atoms with Gasteiger partial charge in [0.05, 0.1) is 17.4 Å². The number of anilines is 1. The van der Waals surface area contributed by atoms with Gasteiger partial charge in [-0.05, 0) is 5.56 Å². The standard InChI is InChI=1S/C12H10N4S/c13-11-10(15-7-17-11)12-14-6-9(16-12)8-4-2-1-3-5-8/h1-7H,13H2,(H,14,16). The number of nitrogens with one attached hydrogen (secondary N) is 1. The zero-order valence-electron chi connectivity index (χ0n) is 8.92. The van der Waals surface area contributed by atoms with Crippen LogP contribution in [0.15, 0.2) is 42.0 Å². The average molecular weight is 242 g/mol. The molecule has 0 aliphatic heterocycles. The second kappa shape index (κ2) is 4.03. The minimum Gasteiger partial charge on any atom is -0.389 e. The molecule has 0 atom stereocenters. The number of benzene rings is 1. The Morgan fingerprint density at radius 3 is 2.65 bits per heavy atom. The molecule has 0 fully saturated rings. The van der Waals surface area contributed by atoms with Gasteiger partial charge in [-0.1, -0.05) is 30.3 Å². The molecule has 0 aliphatic rings. The zero-order valence-corrected chi connectivity index (χ0v) is 9.74. The second-order valence-electron chi connectivity index (χ2n) is 3.58. The van der Waals surface area contributed by atoms with Gasteiger partial charge in [0.1, 0.15) is 10.7 Å². The molecular formula is C12H10N4S. The van der Waals surface area contributed by atoms with Crippen molar-refractivity contribution in [2.75, 3.05) is 5.73 Å². The molecule has 2 heterocycles. The highest BCUT2D eigenvalue weighted by Gasteiger charge is 2.10. The predicted molar refractivity (Wildman–Crippen MR) is 69.5 cm³/mol. The average Bonchev–Trinajstić information content (AvgIpc) is 2.98. The summed E-state index contributed by atoms with van der Waals surface area (Å²) >= 11 is 1.41. The lowest BCUT2D eigenvalue weighted by atomic mass is 10.2. The Hall–Kier alpha value is -2.14. The van der Waals surface area contributed by atoms with Gasteiger partial charge < -0.3 is 10.7 Å². The first-order chi connectivity index (χ1) is 8.34. The third-order valence-electron chi connectivity index (χ3n) is 2.48. The van der Waals surface area contributed by atoms with Crippen molar-refractivity contribution in [2.45, 2.75) is 0 Å². The second-order valence-corrected chi connectivity index (χ2v) is 4.46. The molecule has 3 N–H and O–H groups in total. The molecular weight excluding hydrogens is 232 g/mol. The van der Waals surface area contributed by atoms with Crippen LogP contribution in [-0.4, -0.2) is 15.0 Å². The number of thiazole rings is 1. The van der Waals surface area contributed by atoms with Gasteiger partial charge in [-0.2, -0.15) is 0 Å². The SMILES string of the molecule is Nc1scnc1-c1ncc(-c2ccccc2)[nH]1. The number of rotatable bonds is 2. The summed E-state index contributed by atoms with van der Waals surface area (Å²) in [5.74, 6) is 0.711. The molecule has 0 amide bonds. The lowest BCUT2D eigenvalue weighted by Gasteiger charge is -1.95. The van der Waals surface area contributed by atoms with Crippen LogP contribution in [-0.2, 0) is 0 Å². The van der Waals surface area contributed by atoms with Gasteiger partial charge in [-0.15, -0.1) is 11.3 Å². The summed E-state index contributed by atoms with van der Waals surface area (Å²) in [7, 11) is 0. The number of nitrogen functional groups attached to an aromatic ring is 1. The fourth-order valence-electron chi connectivity index (χ4n) is 1.64. The molecule has 3 aromatic rings. The van der Waals surface area contributed by atoms with Gasteiger partial charge in [-0.3, -0.25) is 0 Å². The fourth-order valence-corrected chi connectivity index (χ4v) is 2.17. The maximum atomic E-state index is 5.82. The van der Waals surface area contributed by atoms with Crippen molar-refractivity contribution in [3.8, 4) is 22.8 Å². The van der Waals surface area contributed by atoms with Crippen LogP contribution < -0.4 is 5.73 Å². The molecule has 0 unspecified atom stereocenters. The van der Waals surface area contributed by atoms with E-state index in [2.05, 4.69) is 15.0 Å². The number of H-pyrrole nitrogens is 1. The number of nitrogens with zero attached hydrogens (tertiary/aromatic N) is 2. The van der Waals surface area contributed by atoms with Crippen LogP contribution in [0.1, 0.15) is 0 Å². The van der Waals surface area contributed by atoms with Crippen LogP contribution in [0.25, 0.3) is 22.8 Å². The van der Waals surface area contributed by atoms with E-state index in [4.69, 9.17) is 5.73 Å². The predicted octanol–water partition coefficient (Wildman–Crippen LogP) is 2.78. The first kappa shape index (κ1) is 10.0. The van der Waals surface area contributed by atoms with E-state index in [1.165, 1.54) is 11.3 Å². The van der Waals surface area contributed by atoms with Crippen LogP contribution >= 0.6 is 11.3 Å². The van der Waals surface area contributed by atoms with Gasteiger partial charge >= 0.3 is 0 Å². The van der Waals surface area contributed by atoms with E-state index in [0.717, 1.165) is 17.0 Å². The molecule has 3 rings (SSSR count). The summed E-state index contributed by atoms with van der Waals surface area (Å²) in [6.07, 6.45) is 1.80. The molecule has 4 nitrogen and oxygen atoms in total. The molecule has 2 aromatic heterocycles. The fraction of sp³-hybridized carbons (Fsp3) is 0. The molecule has 0 aliphatic carbocycles. The van der Waals surface area contributed by atoms with Gasteiger partial charge in [0, 0.05) is 0 Å². The van der Waals surface area contributed by atoms with Crippen molar-refractivity contribution in [3.05, 3.63) is 42.0 Å².